The molecule has 3 aromatic rings. The molecule has 0 saturated heterocycles. The zero-order valence-electron chi connectivity index (χ0n) is 16.9. The van der Waals surface area contributed by atoms with Crippen LogP contribution in [0.25, 0.3) is 5.57 Å². The Kier molecular flexibility index (Phi) is 5.75. The van der Waals surface area contributed by atoms with Gasteiger partial charge in [0.05, 0.1) is 11.3 Å². The summed E-state index contributed by atoms with van der Waals surface area (Å²) < 4.78 is 14.4. The van der Waals surface area contributed by atoms with Crippen LogP contribution in [0.5, 0.6) is 0 Å². The number of hydrogen-bond acceptors (Lipinski definition) is 4. The van der Waals surface area contributed by atoms with E-state index in [0.717, 1.165) is 4.90 Å². The number of amides is 3. The Morgan fingerprint density at radius 2 is 1.50 bits per heavy atom. The predicted molar refractivity (Wildman–Crippen MR) is 122 cm³/mol. The lowest BCUT2D eigenvalue weighted by atomic mass is 10.0. The summed E-state index contributed by atoms with van der Waals surface area (Å²) in [7, 11) is 0. The monoisotopic (exact) mass is 449 g/mol. The number of hydrogen-bond donors (Lipinski definition) is 2. The molecular weight excluding hydrogens is 433 g/mol. The second-order valence-corrected chi connectivity index (χ2v) is 7.47. The van der Waals surface area contributed by atoms with Crippen LogP contribution in [0, 0.1) is 5.82 Å². The van der Waals surface area contributed by atoms with Crippen LogP contribution in [0.4, 0.5) is 21.5 Å². The van der Waals surface area contributed by atoms with Gasteiger partial charge in [-0.25, -0.2) is 9.29 Å². The fourth-order valence-electron chi connectivity index (χ4n) is 3.37. The molecule has 1 aliphatic heterocycles. The van der Waals surface area contributed by atoms with Crippen LogP contribution in [0.3, 0.4) is 0 Å². The summed E-state index contributed by atoms with van der Waals surface area (Å²) in [5.74, 6) is -2.24. The van der Waals surface area contributed by atoms with Gasteiger partial charge in [0.15, 0.2) is 0 Å². The van der Waals surface area contributed by atoms with Crippen molar-refractivity contribution in [3.8, 4) is 0 Å². The van der Waals surface area contributed by atoms with E-state index in [0.29, 0.717) is 22.0 Å². The number of imide groups is 1. The molecule has 0 aromatic heterocycles. The van der Waals surface area contributed by atoms with E-state index in [4.69, 9.17) is 11.6 Å². The fourth-order valence-corrected chi connectivity index (χ4v) is 3.49. The maximum Gasteiger partial charge on any atom is 0.282 e. The Hall–Kier alpha value is -3.97. The molecule has 1 aliphatic rings. The third-order valence-electron chi connectivity index (χ3n) is 4.78. The summed E-state index contributed by atoms with van der Waals surface area (Å²) >= 11 is 5.97. The summed E-state index contributed by atoms with van der Waals surface area (Å²) in [6.45, 7) is 1.40. The van der Waals surface area contributed by atoms with Gasteiger partial charge in [-0.3, -0.25) is 14.4 Å². The number of carbonyl (C=O) groups is 3. The minimum atomic E-state index is -0.689. The molecule has 160 valence electrons. The Labute approximate surface area is 188 Å². The average molecular weight is 450 g/mol. The van der Waals surface area contributed by atoms with Crippen molar-refractivity contribution in [1.29, 1.82) is 0 Å². The molecule has 1 heterocycles. The van der Waals surface area contributed by atoms with Crippen LogP contribution >= 0.6 is 11.6 Å². The minimum absolute atomic E-state index is 0.00727. The van der Waals surface area contributed by atoms with E-state index in [1.165, 1.54) is 25.1 Å². The molecule has 0 bridgehead atoms. The molecule has 8 heteroatoms. The molecule has 0 unspecified atom stereocenters. The van der Waals surface area contributed by atoms with Gasteiger partial charge in [0.25, 0.3) is 11.8 Å². The molecule has 0 atom stereocenters. The average Bonchev–Trinajstić information content (AvgIpc) is 3.00. The van der Waals surface area contributed by atoms with E-state index in [2.05, 4.69) is 10.6 Å². The van der Waals surface area contributed by atoms with Crippen LogP contribution in [-0.4, -0.2) is 17.7 Å². The van der Waals surface area contributed by atoms with Gasteiger partial charge in [-0.2, -0.15) is 0 Å². The lowest BCUT2D eigenvalue weighted by Crippen LogP contribution is -2.33. The van der Waals surface area contributed by atoms with Crippen molar-refractivity contribution in [2.75, 3.05) is 15.5 Å². The third-order valence-corrected chi connectivity index (χ3v) is 5.04. The van der Waals surface area contributed by atoms with Gasteiger partial charge in [-0.1, -0.05) is 35.9 Å². The highest BCUT2D eigenvalue weighted by atomic mass is 35.5. The maximum atomic E-state index is 14.4. The number of anilines is 3. The van der Waals surface area contributed by atoms with Crippen molar-refractivity contribution in [1.82, 2.24) is 0 Å². The van der Waals surface area contributed by atoms with Crippen molar-refractivity contribution in [2.24, 2.45) is 0 Å². The van der Waals surface area contributed by atoms with Crippen molar-refractivity contribution in [3.63, 3.8) is 0 Å². The quantitative estimate of drug-likeness (QED) is 0.547. The first-order valence-corrected chi connectivity index (χ1v) is 10.0. The topological polar surface area (TPSA) is 78.5 Å². The first-order chi connectivity index (χ1) is 15.3. The fraction of sp³-hybridized carbons (Fsp3) is 0.0417. The van der Waals surface area contributed by atoms with Crippen LogP contribution < -0.4 is 15.5 Å². The molecule has 0 fully saturated rings. The highest BCUT2D eigenvalue weighted by Gasteiger charge is 2.41. The molecule has 32 heavy (non-hydrogen) atoms. The number of halogens is 2. The highest BCUT2D eigenvalue weighted by Crippen LogP contribution is 2.35. The van der Waals surface area contributed by atoms with E-state index in [-0.39, 0.29) is 22.9 Å². The minimum Gasteiger partial charge on any atom is -0.350 e. The van der Waals surface area contributed by atoms with E-state index in [9.17, 15) is 18.8 Å². The molecule has 0 radical (unpaired) electrons. The van der Waals surface area contributed by atoms with Crippen LogP contribution in [0.15, 0.2) is 78.5 Å². The van der Waals surface area contributed by atoms with Crippen LogP contribution in [-0.2, 0) is 14.4 Å². The zero-order chi connectivity index (χ0) is 22.8. The van der Waals surface area contributed by atoms with Gasteiger partial charge >= 0.3 is 0 Å². The van der Waals surface area contributed by atoms with Crippen LogP contribution in [0.2, 0.25) is 5.02 Å². The molecule has 2 N–H and O–H groups in total. The summed E-state index contributed by atoms with van der Waals surface area (Å²) in [6.07, 6.45) is 0. The number of rotatable bonds is 5. The standard InChI is InChI=1S/C24H17ClFN3O3/c1-14(30)27-17-10-12-18(13-11-17)28-22-21(15-6-8-16(25)9-7-15)23(31)29(24(22)32)20-5-3-2-4-19(20)26/h2-13,28H,1H3,(H,27,30). The molecule has 3 aromatic carbocycles. The number of benzene rings is 3. The molecule has 6 nitrogen and oxygen atoms in total. The van der Waals surface area contributed by atoms with Gasteiger partial charge in [0, 0.05) is 23.3 Å². The van der Waals surface area contributed by atoms with Crippen LogP contribution in [0.1, 0.15) is 12.5 Å². The number of carbonyl (C=O) groups excluding carboxylic acids is 3. The van der Waals surface area contributed by atoms with E-state index in [1.807, 2.05) is 0 Å². The molecule has 4 rings (SSSR count). The second kappa shape index (κ2) is 8.64. The van der Waals surface area contributed by atoms with Crippen molar-refractivity contribution < 1.29 is 18.8 Å². The molecule has 3 amide bonds. The van der Waals surface area contributed by atoms with Gasteiger partial charge in [-0.15, -0.1) is 0 Å². The molecular formula is C24H17ClFN3O3. The first-order valence-electron chi connectivity index (χ1n) is 9.63. The second-order valence-electron chi connectivity index (χ2n) is 7.04. The number of nitrogens with one attached hydrogen (secondary N) is 2. The van der Waals surface area contributed by atoms with Gasteiger partial charge < -0.3 is 10.6 Å². The van der Waals surface area contributed by atoms with Crippen molar-refractivity contribution in [2.45, 2.75) is 6.92 Å². The lowest BCUT2D eigenvalue weighted by molar-refractivity contribution is -0.120. The van der Waals surface area contributed by atoms with Crippen molar-refractivity contribution in [3.05, 3.63) is 94.9 Å². The number of nitrogens with zero attached hydrogens (tertiary/aromatic N) is 1. The van der Waals surface area contributed by atoms with E-state index < -0.39 is 17.6 Å². The zero-order valence-corrected chi connectivity index (χ0v) is 17.6. The summed E-state index contributed by atoms with van der Waals surface area (Å²) in [5, 5.41) is 6.11. The Morgan fingerprint density at radius 3 is 2.12 bits per heavy atom. The molecule has 0 aliphatic carbocycles. The smallest absolute Gasteiger partial charge is 0.282 e. The van der Waals surface area contributed by atoms with Gasteiger partial charge in [-0.05, 0) is 54.1 Å². The van der Waals surface area contributed by atoms with Gasteiger partial charge in [0.2, 0.25) is 5.91 Å². The van der Waals surface area contributed by atoms with E-state index in [1.54, 1.807) is 54.6 Å². The van der Waals surface area contributed by atoms with Gasteiger partial charge in [0.1, 0.15) is 11.5 Å². The van der Waals surface area contributed by atoms with E-state index >= 15 is 0 Å². The number of para-hydroxylation sites is 1. The Balaban J connectivity index is 1.76. The Morgan fingerprint density at radius 1 is 0.875 bits per heavy atom. The Bertz CT molecular complexity index is 1250. The largest absolute Gasteiger partial charge is 0.350 e. The lowest BCUT2D eigenvalue weighted by Gasteiger charge is -2.16. The summed E-state index contributed by atoms with van der Waals surface area (Å²) in [5.41, 5.74) is 1.53. The normalized spacial score (nSPS) is 13.5. The summed E-state index contributed by atoms with van der Waals surface area (Å²) in [4.78, 5) is 38.6. The maximum absolute atomic E-state index is 14.4. The molecule has 0 spiro atoms. The summed E-state index contributed by atoms with van der Waals surface area (Å²) in [6, 6.07) is 18.7. The first kappa shape index (κ1) is 21.3. The van der Waals surface area contributed by atoms with Crippen molar-refractivity contribution >= 4 is 52.0 Å². The highest BCUT2D eigenvalue weighted by molar-refractivity contribution is 6.46. The third kappa shape index (κ3) is 4.10. The molecule has 0 saturated carbocycles. The predicted octanol–water partition coefficient (Wildman–Crippen LogP) is 4.83. The SMILES string of the molecule is CC(=O)Nc1ccc(NC2=C(c3ccc(Cl)cc3)C(=O)N(c3ccccc3F)C2=O)cc1.